The molecule has 0 aliphatic carbocycles. The van der Waals surface area contributed by atoms with E-state index in [1.165, 1.54) is 22.2 Å². The first-order chi connectivity index (χ1) is 12.6. The highest BCUT2D eigenvalue weighted by atomic mass is 35.5. The fourth-order valence-electron chi connectivity index (χ4n) is 2.74. The van der Waals surface area contributed by atoms with Crippen LogP contribution in [0.15, 0.2) is 71.8 Å². The molecule has 0 radical (unpaired) electrons. The van der Waals surface area contributed by atoms with Gasteiger partial charge in [-0.15, -0.1) is 11.3 Å². The molecule has 0 aliphatic heterocycles. The van der Waals surface area contributed by atoms with E-state index in [4.69, 9.17) is 11.6 Å². The summed E-state index contributed by atoms with van der Waals surface area (Å²) in [6.45, 7) is -0.0952. The molecule has 0 saturated carbocycles. The van der Waals surface area contributed by atoms with Crippen LogP contribution in [-0.2, 0) is 6.54 Å². The largest absolute Gasteiger partial charge is 0.292 e. The van der Waals surface area contributed by atoms with Crippen LogP contribution < -0.4 is 5.56 Å². The third kappa shape index (κ3) is 3.07. The highest BCUT2D eigenvalue weighted by Crippen LogP contribution is 2.30. The molecule has 6 heteroatoms. The molecule has 0 N–H and O–H groups in total. The summed E-state index contributed by atoms with van der Waals surface area (Å²) in [6.07, 6.45) is 1.42. The predicted molar refractivity (Wildman–Crippen MR) is 105 cm³/mol. The molecule has 0 bridgehead atoms. The first kappa shape index (κ1) is 16.7. The number of carbonyl (C=O) groups is 1. The minimum atomic E-state index is -0.228. The van der Waals surface area contributed by atoms with Gasteiger partial charge in [-0.25, -0.2) is 4.98 Å². The molecular formula is C20H13ClN2O2S. The second kappa shape index (κ2) is 6.86. The van der Waals surface area contributed by atoms with Gasteiger partial charge in [0, 0.05) is 10.4 Å². The highest BCUT2D eigenvalue weighted by Gasteiger charge is 2.14. The van der Waals surface area contributed by atoms with Crippen molar-refractivity contribution in [3.05, 3.63) is 87.9 Å². The van der Waals surface area contributed by atoms with Crippen molar-refractivity contribution in [2.24, 2.45) is 0 Å². The number of fused-ring (bicyclic) bond motifs is 1. The van der Waals surface area contributed by atoms with Crippen LogP contribution in [0.25, 0.3) is 20.7 Å². The lowest BCUT2D eigenvalue weighted by Gasteiger charge is -2.06. The summed E-state index contributed by atoms with van der Waals surface area (Å²) in [5.41, 5.74) is 1.21. The summed E-state index contributed by atoms with van der Waals surface area (Å²) in [5, 5.41) is 0.893. The van der Waals surface area contributed by atoms with Crippen molar-refractivity contribution < 1.29 is 4.79 Å². The van der Waals surface area contributed by atoms with Crippen LogP contribution in [0.2, 0.25) is 5.02 Å². The minimum absolute atomic E-state index is 0.0952. The van der Waals surface area contributed by atoms with Gasteiger partial charge in [0.25, 0.3) is 5.56 Å². The van der Waals surface area contributed by atoms with E-state index in [0.29, 0.717) is 20.8 Å². The number of hydrogen-bond acceptors (Lipinski definition) is 4. The van der Waals surface area contributed by atoms with Gasteiger partial charge in [-0.2, -0.15) is 0 Å². The number of halogens is 1. The first-order valence-corrected chi connectivity index (χ1v) is 9.15. The molecule has 4 rings (SSSR count). The molecule has 0 spiro atoms. The van der Waals surface area contributed by atoms with Gasteiger partial charge < -0.3 is 0 Å². The lowest BCUT2D eigenvalue weighted by molar-refractivity contribution is 0.0971. The number of rotatable bonds is 4. The molecule has 0 unspecified atom stereocenters. The van der Waals surface area contributed by atoms with E-state index in [-0.39, 0.29) is 17.9 Å². The Bertz CT molecular complexity index is 1170. The van der Waals surface area contributed by atoms with E-state index in [2.05, 4.69) is 4.98 Å². The monoisotopic (exact) mass is 380 g/mol. The average molecular weight is 381 g/mol. The standard InChI is InChI=1S/C20H13ClN2O2S/c21-16-9-5-4-8-14(16)17(24)11-23-12-22-19-15(20(23)25)10-18(26-19)13-6-2-1-3-7-13/h1-10,12H,11H2. The normalized spacial score (nSPS) is 11.0. The second-order valence-corrected chi connectivity index (χ2v) is 7.21. The number of Topliss-reactive ketones (excluding diaryl/α,β-unsaturated/α-hetero) is 1. The van der Waals surface area contributed by atoms with Crippen LogP contribution in [0.5, 0.6) is 0 Å². The van der Waals surface area contributed by atoms with Crippen LogP contribution in [0.1, 0.15) is 10.4 Å². The van der Waals surface area contributed by atoms with Gasteiger partial charge in [0.05, 0.1) is 23.3 Å². The maximum Gasteiger partial charge on any atom is 0.262 e. The molecule has 0 atom stereocenters. The second-order valence-electron chi connectivity index (χ2n) is 5.78. The fourth-order valence-corrected chi connectivity index (χ4v) is 3.98. The summed E-state index contributed by atoms with van der Waals surface area (Å²) in [5.74, 6) is -0.225. The Morgan fingerprint density at radius 1 is 1.08 bits per heavy atom. The number of nitrogens with zero attached hydrogens (tertiary/aromatic N) is 2. The Balaban J connectivity index is 1.71. The number of hydrogen-bond donors (Lipinski definition) is 0. The Kier molecular flexibility index (Phi) is 4.41. The summed E-state index contributed by atoms with van der Waals surface area (Å²) in [7, 11) is 0. The van der Waals surface area contributed by atoms with Crippen molar-refractivity contribution in [2.45, 2.75) is 6.54 Å². The van der Waals surface area contributed by atoms with Gasteiger partial charge >= 0.3 is 0 Å². The number of carbonyl (C=O) groups excluding carboxylic acids is 1. The lowest BCUT2D eigenvalue weighted by atomic mass is 10.1. The molecule has 2 aromatic heterocycles. The zero-order valence-electron chi connectivity index (χ0n) is 13.6. The van der Waals surface area contributed by atoms with Gasteiger partial charge in [0.2, 0.25) is 0 Å². The van der Waals surface area contributed by atoms with E-state index in [1.54, 1.807) is 24.3 Å². The molecule has 0 aliphatic rings. The maximum atomic E-state index is 12.8. The van der Waals surface area contributed by atoms with E-state index in [1.807, 2.05) is 36.4 Å². The zero-order chi connectivity index (χ0) is 18.1. The topological polar surface area (TPSA) is 52.0 Å². The quantitative estimate of drug-likeness (QED) is 0.484. The van der Waals surface area contributed by atoms with Crippen molar-refractivity contribution in [3.8, 4) is 10.4 Å². The van der Waals surface area contributed by atoms with Gasteiger partial charge in [0.15, 0.2) is 5.78 Å². The molecular weight excluding hydrogens is 368 g/mol. The molecule has 4 aromatic rings. The number of aromatic nitrogens is 2. The molecule has 2 heterocycles. The Morgan fingerprint density at radius 3 is 2.58 bits per heavy atom. The molecule has 0 fully saturated rings. The molecule has 128 valence electrons. The highest BCUT2D eigenvalue weighted by molar-refractivity contribution is 7.21. The van der Waals surface area contributed by atoms with E-state index in [9.17, 15) is 9.59 Å². The first-order valence-electron chi connectivity index (χ1n) is 7.95. The van der Waals surface area contributed by atoms with Crippen LogP contribution in [0.3, 0.4) is 0 Å². The molecule has 4 nitrogen and oxygen atoms in total. The van der Waals surface area contributed by atoms with Crippen molar-refractivity contribution in [1.82, 2.24) is 9.55 Å². The van der Waals surface area contributed by atoms with Gasteiger partial charge in [-0.1, -0.05) is 54.1 Å². The van der Waals surface area contributed by atoms with Crippen LogP contribution >= 0.6 is 22.9 Å². The molecule has 26 heavy (non-hydrogen) atoms. The SMILES string of the molecule is O=C(Cn1cnc2sc(-c3ccccc3)cc2c1=O)c1ccccc1Cl. The Morgan fingerprint density at radius 2 is 1.81 bits per heavy atom. The number of benzene rings is 2. The Labute approximate surface area is 158 Å². The third-order valence-corrected chi connectivity index (χ3v) is 5.49. The van der Waals surface area contributed by atoms with Crippen LogP contribution in [0.4, 0.5) is 0 Å². The number of thiophene rings is 1. The maximum absolute atomic E-state index is 12.8. The summed E-state index contributed by atoms with van der Waals surface area (Å²) >= 11 is 7.53. The smallest absolute Gasteiger partial charge is 0.262 e. The fraction of sp³-hybridized carbons (Fsp3) is 0.0500. The molecule has 2 aromatic carbocycles. The summed E-state index contributed by atoms with van der Waals surface area (Å²) < 4.78 is 1.33. The summed E-state index contributed by atoms with van der Waals surface area (Å²) in [6, 6.07) is 18.5. The van der Waals surface area contributed by atoms with Crippen molar-refractivity contribution >= 4 is 38.9 Å². The van der Waals surface area contributed by atoms with Gasteiger partial charge in [-0.3, -0.25) is 14.2 Å². The summed E-state index contributed by atoms with van der Waals surface area (Å²) in [4.78, 5) is 31.2. The minimum Gasteiger partial charge on any atom is -0.292 e. The Hall–Kier alpha value is -2.76. The predicted octanol–water partition coefficient (Wildman–Crippen LogP) is 4.66. The van der Waals surface area contributed by atoms with E-state index >= 15 is 0 Å². The van der Waals surface area contributed by atoms with Gasteiger partial charge in [-0.05, 0) is 23.8 Å². The van der Waals surface area contributed by atoms with Crippen LogP contribution in [-0.4, -0.2) is 15.3 Å². The molecule has 0 saturated heterocycles. The third-order valence-electron chi connectivity index (χ3n) is 4.06. The van der Waals surface area contributed by atoms with E-state index in [0.717, 1.165) is 10.4 Å². The van der Waals surface area contributed by atoms with Crippen molar-refractivity contribution in [3.63, 3.8) is 0 Å². The van der Waals surface area contributed by atoms with Gasteiger partial charge in [0.1, 0.15) is 4.83 Å². The zero-order valence-corrected chi connectivity index (χ0v) is 15.1. The average Bonchev–Trinajstić information content (AvgIpc) is 3.10. The number of ketones is 1. The van der Waals surface area contributed by atoms with Crippen LogP contribution in [0, 0.1) is 0 Å². The molecule has 0 amide bonds. The lowest BCUT2D eigenvalue weighted by Crippen LogP contribution is -2.24. The van der Waals surface area contributed by atoms with E-state index < -0.39 is 0 Å². The van der Waals surface area contributed by atoms with Crippen molar-refractivity contribution in [2.75, 3.05) is 0 Å². The van der Waals surface area contributed by atoms with Crippen molar-refractivity contribution in [1.29, 1.82) is 0 Å².